The fourth-order valence-corrected chi connectivity index (χ4v) is 3.39. The molecule has 0 bridgehead atoms. The highest BCUT2D eigenvalue weighted by molar-refractivity contribution is 5.75. The van der Waals surface area contributed by atoms with Gasteiger partial charge in [-0.2, -0.15) is 0 Å². The Morgan fingerprint density at radius 3 is 2.32 bits per heavy atom. The smallest absolute Gasteiger partial charge is 0.311 e. The Labute approximate surface area is 133 Å². The van der Waals surface area contributed by atoms with Crippen LogP contribution in [0.4, 0.5) is 0 Å². The minimum absolute atomic E-state index is 0.259. The van der Waals surface area contributed by atoms with Crippen LogP contribution in [0.15, 0.2) is 30.3 Å². The van der Waals surface area contributed by atoms with Gasteiger partial charge in [0.25, 0.3) is 0 Å². The quantitative estimate of drug-likeness (QED) is 0.870. The standard InChI is InChI=1S/C19H28O3/c1-18(2,3)16-9-11-19(12-10-16,17(20)21)14-22-13-15-7-5-4-6-8-15/h4-8,16H,9-14H2,1-3H3,(H,20,21). The zero-order valence-electron chi connectivity index (χ0n) is 14.0. The van der Waals surface area contributed by atoms with Crippen LogP contribution in [0.2, 0.25) is 0 Å². The zero-order chi connectivity index (χ0) is 16.2. The number of hydrogen-bond donors (Lipinski definition) is 1. The third-order valence-corrected chi connectivity index (χ3v) is 5.11. The van der Waals surface area contributed by atoms with Crippen LogP contribution in [0.5, 0.6) is 0 Å². The SMILES string of the molecule is CC(C)(C)C1CCC(COCc2ccccc2)(C(=O)O)CC1. The molecule has 0 saturated heterocycles. The van der Waals surface area contributed by atoms with Crippen LogP contribution in [0.25, 0.3) is 0 Å². The van der Waals surface area contributed by atoms with Gasteiger partial charge in [0, 0.05) is 0 Å². The first-order chi connectivity index (χ1) is 10.3. The summed E-state index contributed by atoms with van der Waals surface area (Å²) >= 11 is 0. The first-order valence-corrected chi connectivity index (χ1v) is 8.19. The molecule has 1 aromatic carbocycles. The van der Waals surface area contributed by atoms with Gasteiger partial charge in [0.15, 0.2) is 0 Å². The van der Waals surface area contributed by atoms with Crippen LogP contribution in [-0.2, 0) is 16.1 Å². The van der Waals surface area contributed by atoms with Crippen molar-refractivity contribution in [2.75, 3.05) is 6.61 Å². The van der Waals surface area contributed by atoms with E-state index in [9.17, 15) is 9.90 Å². The lowest BCUT2D eigenvalue weighted by atomic mass is 9.64. The number of ether oxygens (including phenoxy) is 1. The highest BCUT2D eigenvalue weighted by Crippen LogP contribution is 2.45. The molecule has 0 heterocycles. The Bertz CT molecular complexity index is 479. The molecule has 0 atom stereocenters. The average Bonchev–Trinajstić information content (AvgIpc) is 2.47. The number of carboxylic acid groups (broad SMARTS) is 1. The lowest BCUT2D eigenvalue weighted by molar-refractivity contribution is -0.157. The summed E-state index contributed by atoms with van der Waals surface area (Å²) in [5, 5.41) is 9.70. The second-order valence-electron chi connectivity index (χ2n) is 7.70. The van der Waals surface area contributed by atoms with E-state index >= 15 is 0 Å². The van der Waals surface area contributed by atoms with Crippen molar-refractivity contribution in [1.29, 1.82) is 0 Å². The Hall–Kier alpha value is -1.35. The maximum atomic E-state index is 11.8. The predicted molar refractivity (Wildman–Crippen MR) is 87.6 cm³/mol. The van der Waals surface area contributed by atoms with E-state index in [2.05, 4.69) is 20.8 Å². The van der Waals surface area contributed by atoms with E-state index in [-0.39, 0.29) is 5.41 Å². The Kier molecular flexibility index (Phi) is 5.28. The van der Waals surface area contributed by atoms with Crippen LogP contribution in [0, 0.1) is 16.7 Å². The zero-order valence-corrected chi connectivity index (χ0v) is 14.0. The molecule has 1 aliphatic carbocycles. The molecule has 3 nitrogen and oxygen atoms in total. The third kappa shape index (κ3) is 4.10. The van der Waals surface area contributed by atoms with Gasteiger partial charge in [-0.3, -0.25) is 4.79 Å². The summed E-state index contributed by atoms with van der Waals surface area (Å²) in [6.45, 7) is 7.54. The third-order valence-electron chi connectivity index (χ3n) is 5.11. The van der Waals surface area contributed by atoms with Gasteiger partial charge in [0.05, 0.1) is 18.6 Å². The molecule has 1 aromatic rings. The molecule has 1 fully saturated rings. The molecular formula is C19H28O3. The van der Waals surface area contributed by atoms with Crippen LogP contribution in [0.1, 0.15) is 52.0 Å². The van der Waals surface area contributed by atoms with Crippen molar-refractivity contribution >= 4 is 5.97 Å². The number of carboxylic acids is 1. The molecule has 122 valence electrons. The van der Waals surface area contributed by atoms with E-state index < -0.39 is 11.4 Å². The molecule has 3 heteroatoms. The van der Waals surface area contributed by atoms with E-state index in [4.69, 9.17) is 4.74 Å². The summed E-state index contributed by atoms with van der Waals surface area (Å²) in [5.41, 5.74) is 0.651. The average molecular weight is 304 g/mol. The number of rotatable bonds is 5. The van der Waals surface area contributed by atoms with Gasteiger partial charge in [-0.25, -0.2) is 0 Å². The van der Waals surface area contributed by atoms with E-state index in [0.717, 1.165) is 31.2 Å². The van der Waals surface area contributed by atoms with Crippen LogP contribution >= 0.6 is 0 Å². The fourth-order valence-electron chi connectivity index (χ4n) is 3.39. The van der Waals surface area contributed by atoms with Gasteiger partial charge < -0.3 is 9.84 Å². The van der Waals surface area contributed by atoms with Crippen molar-refractivity contribution in [3.05, 3.63) is 35.9 Å². The molecule has 22 heavy (non-hydrogen) atoms. The summed E-state index contributed by atoms with van der Waals surface area (Å²) < 4.78 is 5.76. The Morgan fingerprint density at radius 2 is 1.82 bits per heavy atom. The second kappa shape index (κ2) is 6.82. The molecule has 0 radical (unpaired) electrons. The topological polar surface area (TPSA) is 46.5 Å². The normalized spacial score (nSPS) is 25.9. The van der Waals surface area contributed by atoms with Gasteiger partial charge >= 0.3 is 5.97 Å². The summed E-state index contributed by atoms with van der Waals surface area (Å²) in [4.78, 5) is 11.8. The highest BCUT2D eigenvalue weighted by Gasteiger charge is 2.44. The van der Waals surface area contributed by atoms with Crippen molar-refractivity contribution in [2.45, 2.75) is 53.1 Å². The van der Waals surface area contributed by atoms with Gasteiger partial charge in [-0.1, -0.05) is 51.1 Å². The summed E-state index contributed by atoms with van der Waals surface area (Å²) in [6, 6.07) is 9.92. The van der Waals surface area contributed by atoms with Crippen molar-refractivity contribution in [3.8, 4) is 0 Å². The van der Waals surface area contributed by atoms with E-state index in [1.54, 1.807) is 0 Å². The summed E-state index contributed by atoms with van der Waals surface area (Å²) in [5.74, 6) is -0.0954. The maximum Gasteiger partial charge on any atom is 0.311 e. The fraction of sp³-hybridized carbons (Fsp3) is 0.632. The number of benzene rings is 1. The van der Waals surface area contributed by atoms with E-state index in [1.807, 2.05) is 30.3 Å². The number of hydrogen-bond acceptors (Lipinski definition) is 2. The maximum absolute atomic E-state index is 11.8. The molecule has 0 aliphatic heterocycles. The molecule has 1 N–H and O–H groups in total. The van der Waals surface area contributed by atoms with Crippen LogP contribution < -0.4 is 0 Å². The van der Waals surface area contributed by atoms with Crippen molar-refractivity contribution in [3.63, 3.8) is 0 Å². The first kappa shape index (κ1) is 17.0. The highest BCUT2D eigenvalue weighted by atomic mass is 16.5. The number of aliphatic carboxylic acids is 1. The largest absolute Gasteiger partial charge is 0.481 e. The van der Waals surface area contributed by atoms with Gasteiger partial charge in [-0.15, -0.1) is 0 Å². The van der Waals surface area contributed by atoms with Gasteiger partial charge in [0.1, 0.15) is 0 Å². The lowest BCUT2D eigenvalue weighted by Crippen LogP contribution is -2.41. The molecule has 0 spiro atoms. The van der Waals surface area contributed by atoms with Crippen molar-refractivity contribution in [2.24, 2.45) is 16.7 Å². The summed E-state index contributed by atoms with van der Waals surface area (Å²) in [7, 11) is 0. The monoisotopic (exact) mass is 304 g/mol. The van der Waals surface area contributed by atoms with Gasteiger partial charge in [0.2, 0.25) is 0 Å². The Morgan fingerprint density at radius 1 is 1.23 bits per heavy atom. The minimum atomic E-state index is -0.701. The van der Waals surface area contributed by atoms with Crippen molar-refractivity contribution in [1.82, 2.24) is 0 Å². The molecule has 0 unspecified atom stereocenters. The van der Waals surface area contributed by atoms with E-state index in [0.29, 0.717) is 19.1 Å². The van der Waals surface area contributed by atoms with Crippen LogP contribution in [-0.4, -0.2) is 17.7 Å². The van der Waals surface area contributed by atoms with Crippen molar-refractivity contribution < 1.29 is 14.6 Å². The van der Waals surface area contributed by atoms with E-state index in [1.165, 1.54) is 0 Å². The lowest BCUT2D eigenvalue weighted by Gasteiger charge is -2.41. The second-order valence-corrected chi connectivity index (χ2v) is 7.70. The summed E-state index contributed by atoms with van der Waals surface area (Å²) in [6.07, 6.45) is 3.40. The molecule has 1 saturated carbocycles. The molecule has 2 rings (SSSR count). The van der Waals surface area contributed by atoms with Gasteiger partial charge in [-0.05, 0) is 42.6 Å². The Balaban J connectivity index is 1.92. The molecule has 1 aliphatic rings. The number of carbonyl (C=O) groups is 1. The first-order valence-electron chi connectivity index (χ1n) is 8.19. The molecule has 0 aromatic heterocycles. The van der Waals surface area contributed by atoms with Crippen LogP contribution in [0.3, 0.4) is 0 Å². The predicted octanol–water partition coefficient (Wildman–Crippen LogP) is 4.51. The molecule has 0 amide bonds. The molecular weight excluding hydrogens is 276 g/mol. The minimum Gasteiger partial charge on any atom is -0.481 e.